The van der Waals surface area contributed by atoms with Crippen molar-refractivity contribution in [3.05, 3.63) is 95.1 Å². The van der Waals surface area contributed by atoms with Crippen molar-refractivity contribution >= 4 is 23.6 Å². The van der Waals surface area contributed by atoms with E-state index in [9.17, 15) is 14.4 Å². The molecule has 0 bridgehead atoms. The van der Waals surface area contributed by atoms with Crippen molar-refractivity contribution in [1.29, 1.82) is 0 Å². The summed E-state index contributed by atoms with van der Waals surface area (Å²) in [4.78, 5) is 40.2. The molecule has 1 aliphatic heterocycles. The maximum atomic E-state index is 13.2. The summed E-state index contributed by atoms with van der Waals surface area (Å²) in [5, 5.41) is 5.76. The maximum Gasteiger partial charge on any atom is 0.411 e. The average Bonchev–Trinajstić information content (AvgIpc) is 3.21. The molecule has 1 fully saturated rings. The van der Waals surface area contributed by atoms with Crippen LogP contribution in [0.15, 0.2) is 72.8 Å². The summed E-state index contributed by atoms with van der Waals surface area (Å²) >= 11 is 0. The Morgan fingerprint density at radius 3 is 2.38 bits per heavy atom. The molecule has 1 saturated heterocycles. The normalized spacial score (nSPS) is 16.9. The molecular weight excluding hydrogens is 470 g/mol. The van der Waals surface area contributed by atoms with Crippen molar-refractivity contribution < 1.29 is 23.9 Å². The molecule has 3 aromatic rings. The van der Waals surface area contributed by atoms with E-state index in [0.717, 1.165) is 11.1 Å². The molecule has 8 nitrogen and oxygen atoms in total. The summed E-state index contributed by atoms with van der Waals surface area (Å²) in [6.45, 7) is 5.98. The third-order valence-electron chi connectivity index (χ3n) is 6.09. The number of hydrogen-bond acceptors (Lipinski definition) is 5. The summed E-state index contributed by atoms with van der Waals surface area (Å²) < 4.78 is 10.9. The van der Waals surface area contributed by atoms with Gasteiger partial charge in [0.2, 0.25) is 5.91 Å². The van der Waals surface area contributed by atoms with Gasteiger partial charge in [0.1, 0.15) is 5.75 Å². The van der Waals surface area contributed by atoms with Crippen molar-refractivity contribution in [2.24, 2.45) is 0 Å². The van der Waals surface area contributed by atoms with Crippen LogP contribution in [0.3, 0.4) is 0 Å². The van der Waals surface area contributed by atoms with Crippen molar-refractivity contribution in [3.63, 3.8) is 0 Å². The lowest BCUT2D eigenvalue weighted by Gasteiger charge is -2.25. The van der Waals surface area contributed by atoms with Crippen LogP contribution < -0.4 is 15.4 Å². The van der Waals surface area contributed by atoms with Gasteiger partial charge in [0, 0.05) is 17.3 Å². The van der Waals surface area contributed by atoms with E-state index in [1.807, 2.05) is 45.0 Å². The van der Waals surface area contributed by atoms with E-state index in [-0.39, 0.29) is 24.4 Å². The first-order chi connectivity index (χ1) is 17.7. The minimum absolute atomic E-state index is 0.0979. The lowest BCUT2D eigenvalue weighted by atomic mass is 10.00. The van der Waals surface area contributed by atoms with Gasteiger partial charge in [0.25, 0.3) is 5.91 Å². The quantitative estimate of drug-likeness (QED) is 0.460. The van der Waals surface area contributed by atoms with E-state index in [1.165, 1.54) is 4.90 Å². The maximum absolute atomic E-state index is 13.2. The van der Waals surface area contributed by atoms with Crippen molar-refractivity contribution in [2.75, 3.05) is 12.4 Å². The first-order valence-corrected chi connectivity index (χ1v) is 12.1. The zero-order valence-electron chi connectivity index (χ0n) is 21.4. The fraction of sp³-hybridized carbons (Fsp3) is 0.276. The molecule has 0 aromatic heterocycles. The van der Waals surface area contributed by atoms with Crippen molar-refractivity contribution in [2.45, 2.75) is 45.5 Å². The van der Waals surface area contributed by atoms with Gasteiger partial charge in [0.15, 0.2) is 12.1 Å². The summed E-state index contributed by atoms with van der Waals surface area (Å²) in [7, 11) is 1.54. The number of amides is 3. The SMILES string of the molecule is COc1cccc(C(=O)Nc2ccc([C@H]3OC(=O)N(Cc4ccc(C)cc4)[C@H]3C(=O)NC(C)C)cc2)c1. The number of ether oxygens (including phenoxy) is 2. The van der Waals surface area contributed by atoms with Crippen LogP contribution in [0.4, 0.5) is 10.5 Å². The van der Waals surface area contributed by atoms with Gasteiger partial charge >= 0.3 is 6.09 Å². The van der Waals surface area contributed by atoms with Gasteiger partial charge in [-0.25, -0.2) is 4.79 Å². The number of benzene rings is 3. The van der Waals surface area contributed by atoms with E-state index < -0.39 is 18.2 Å². The molecule has 8 heteroatoms. The van der Waals surface area contributed by atoms with Crippen LogP contribution in [0.2, 0.25) is 0 Å². The minimum Gasteiger partial charge on any atom is -0.497 e. The molecule has 3 amide bonds. The molecule has 0 aliphatic carbocycles. The van der Waals surface area contributed by atoms with Gasteiger partial charge in [-0.1, -0.05) is 48.0 Å². The lowest BCUT2D eigenvalue weighted by Crippen LogP contribution is -2.48. The molecule has 2 atom stereocenters. The predicted octanol–water partition coefficient (Wildman–Crippen LogP) is 4.84. The number of nitrogens with one attached hydrogen (secondary N) is 2. The number of anilines is 1. The van der Waals surface area contributed by atoms with Crippen molar-refractivity contribution in [1.82, 2.24) is 10.2 Å². The Morgan fingerprint density at radius 1 is 1.03 bits per heavy atom. The zero-order valence-corrected chi connectivity index (χ0v) is 21.4. The zero-order chi connectivity index (χ0) is 26.5. The summed E-state index contributed by atoms with van der Waals surface area (Å²) in [5.74, 6) is 0.0257. The molecule has 0 radical (unpaired) electrons. The van der Waals surface area contributed by atoms with Crippen LogP contribution in [-0.4, -0.2) is 42.0 Å². The molecule has 3 aromatic carbocycles. The highest BCUT2D eigenvalue weighted by atomic mass is 16.6. The highest BCUT2D eigenvalue weighted by molar-refractivity contribution is 6.04. The summed E-state index contributed by atoms with van der Waals surface area (Å²) in [5.41, 5.74) is 3.70. The number of hydrogen-bond donors (Lipinski definition) is 2. The third-order valence-corrected chi connectivity index (χ3v) is 6.09. The lowest BCUT2D eigenvalue weighted by molar-refractivity contribution is -0.126. The molecule has 2 N–H and O–H groups in total. The Kier molecular flexibility index (Phi) is 7.77. The summed E-state index contributed by atoms with van der Waals surface area (Å²) in [6, 6.07) is 20.7. The standard InChI is InChI=1S/C29H31N3O5/c1-18(2)30-28(34)25-26(37-29(35)32(25)17-20-10-8-19(3)9-11-20)21-12-14-23(15-13-21)31-27(33)22-6-5-7-24(16-22)36-4/h5-16,18,25-26H,17H2,1-4H3,(H,30,34)(H,31,33)/t25-,26-/m1/s1. The van der Waals surface area contributed by atoms with Crippen LogP contribution in [-0.2, 0) is 16.1 Å². The molecule has 1 heterocycles. The molecular formula is C29H31N3O5. The second-order valence-corrected chi connectivity index (χ2v) is 9.33. The third kappa shape index (κ3) is 6.09. The molecule has 37 heavy (non-hydrogen) atoms. The first-order valence-electron chi connectivity index (χ1n) is 12.1. The van der Waals surface area contributed by atoms with Crippen LogP contribution in [0.1, 0.15) is 47.0 Å². The summed E-state index contributed by atoms with van der Waals surface area (Å²) in [6.07, 6.45) is -1.34. The van der Waals surface area contributed by atoms with E-state index in [4.69, 9.17) is 9.47 Å². The predicted molar refractivity (Wildman–Crippen MR) is 140 cm³/mol. The van der Waals surface area contributed by atoms with E-state index >= 15 is 0 Å². The second kappa shape index (κ2) is 11.2. The average molecular weight is 502 g/mol. The molecule has 192 valence electrons. The highest BCUT2D eigenvalue weighted by Crippen LogP contribution is 2.34. The fourth-order valence-corrected chi connectivity index (χ4v) is 4.19. The van der Waals surface area contributed by atoms with Gasteiger partial charge in [-0.3, -0.25) is 14.5 Å². The van der Waals surface area contributed by atoms with Crippen LogP contribution in [0.5, 0.6) is 5.75 Å². The molecule has 0 spiro atoms. The number of carbonyl (C=O) groups excluding carboxylic acids is 3. The smallest absolute Gasteiger partial charge is 0.411 e. The molecule has 0 unspecified atom stereocenters. The number of cyclic esters (lactones) is 1. The van der Waals surface area contributed by atoms with E-state index in [2.05, 4.69) is 10.6 Å². The van der Waals surface area contributed by atoms with Gasteiger partial charge in [0.05, 0.1) is 13.7 Å². The number of aryl methyl sites for hydroxylation is 1. The highest BCUT2D eigenvalue weighted by Gasteiger charge is 2.47. The van der Waals surface area contributed by atoms with Crippen LogP contribution in [0, 0.1) is 6.92 Å². The molecule has 4 rings (SSSR count). The topological polar surface area (TPSA) is 97.0 Å². The Morgan fingerprint density at radius 2 is 1.73 bits per heavy atom. The number of rotatable bonds is 8. The van der Waals surface area contributed by atoms with Gasteiger partial charge in [-0.2, -0.15) is 0 Å². The van der Waals surface area contributed by atoms with Gasteiger partial charge in [-0.15, -0.1) is 0 Å². The minimum atomic E-state index is -0.839. The van der Waals surface area contributed by atoms with E-state index in [0.29, 0.717) is 22.6 Å². The van der Waals surface area contributed by atoms with Crippen LogP contribution >= 0.6 is 0 Å². The monoisotopic (exact) mass is 501 g/mol. The Bertz CT molecular complexity index is 1270. The fourth-order valence-electron chi connectivity index (χ4n) is 4.19. The first kappa shape index (κ1) is 25.8. The Labute approximate surface area is 216 Å². The second-order valence-electron chi connectivity index (χ2n) is 9.33. The molecule has 0 saturated carbocycles. The number of nitrogens with zero attached hydrogens (tertiary/aromatic N) is 1. The number of carbonyl (C=O) groups is 3. The Balaban J connectivity index is 1.54. The number of methoxy groups -OCH3 is 1. The molecule has 1 aliphatic rings. The Hall–Kier alpha value is -4.33. The van der Waals surface area contributed by atoms with E-state index in [1.54, 1.807) is 55.6 Å². The largest absolute Gasteiger partial charge is 0.497 e. The van der Waals surface area contributed by atoms with Gasteiger partial charge < -0.3 is 20.1 Å². The van der Waals surface area contributed by atoms with Crippen LogP contribution in [0.25, 0.3) is 0 Å². The van der Waals surface area contributed by atoms with Crippen molar-refractivity contribution in [3.8, 4) is 5.75 Å². The van der Waals surface area contributed by atoms with Gasteiger partial charge in [-0.05, 0) is 62.2 Å².